The van der Waals surface area contributed by atoms with Crippen molar-refractivity contribution in [3.8, 4) is 5.75 Å². The summed E-state index contributed by atoms with van der Waals surface area (Å²) in [6.45, 7) is 1.48. The SMILES string of the molecule is COc1ccc(CCc2cc(C)c(C(=O)Nc3ccc(N(C)C)nc3)c(=O)o2)cc1.O=CO. The minimum absolute atomic E-state index is 0.000108. The highest BCUT2D eigenvalue weighted by Gasteiger charge is 2.17. The fraction of sp³-hybridized carbons (Fsp3) is 0.250. The van der Waals surface area contributed by atoms with Gasteiger partial charge in [0.15, 0.2) is 0 Å². The number of hydrogen-bond acceptors (Lipinski definition) is 7. The van der Waals surface area contributed by atoms with Crippen LogP contribution in [0.15, 0.2) is 57.9 Å². The summed E-state index contributed by atoms with van der Waals surface area (Å²) in [6, 6.07) is 13.0. The summed E-state index contributed by atoms with van der Waals surface area (Å²) >= 11 is 0. The number of rotatable bonds is 7. The predicted octanol–water partition coefficient (Wildman–Crippen LogP) is 3.16. The third-order valence-corrected chi connectivity index (χ3v) is 4.71. The summed E-state index contributed by atoms with van der Waals surface area (Å²) in [5.41, 5.74) is 1.54. The smallest absolute Gasteiger partial charge is 0.349 e. The summed E-state index contributed by atoms with van der Waals surface area (Å²) in [4.78, 5) is 39.5. The average Bonchev–Trinajstić information content (AvgIpc) is 2.78. The maximum Gasteiger partial charge on any atom is 0.349 e. The molecule has 0 radical (unpaired) electrons. The number of carboxylic acid groups (broad SMARTS) is 1. The molecular weight excluding hydrogens is 426 g/mol. The zero-order valence-corrected chi connectivity index (χ0v) is 19.0. The van der Waals surface area contributed by atoms with Gasteiger partial charge in [0.1, 0.15) is 22.9 Å². The lowest BCUT2D eigenvalue weighted by Gasteiger charge is -2.12. The van der Waals surface area contributed by atoms with Crippen LogP contribution in [0.25, 0.3) is 0 Å². The molecule has 0 unspecified atom stereocenters. The van der Waals surface area contributed by atoms with Gasteiger partial charge in [0.25, 0.3) is 12.4 Å². The van der Waals surface area contributed by atoms with E-state index in [0.717, 1.165) is 17.1 Å². The molecule has 33 heavy (non-hydrogen) atoms. The van der Waals surface area contributed by atoms with Crippen LogP contribution >= 0.6 is 0 Å². The van der Waals surface area contributed by atoms with Crippen molar-refractivity contribution in [1.29, 1.82) is 0 Å². The van der Waals surface area contributed by atoms with E-state index in [-0.39, 0.29) is 12.0 Å². The molecule has 0 saturated carbocycles. The second kappa shape index (κ2) is 12.0. The number of pyridine rings is 1. The van der Waals surface area contributed by atoms with Crippen molar-refractivity contribution in [3.63, 3.8) is 0 Å². The third-order valence-electron chi connectivity index (χ3n) is 4.71. The van der Waals surface area contributed by atoms with Crippen molar-refractivity contribution >= 4 is 23.9 Å². The van der Waals surface area contributed by atoms with Gasteiger partial charge in [-0.3, -0.25) is 9.59 Å². The number of amides is 1. The number of benzene rings is 1. The van der Waals surface area contributed by atoms with E-state index in [0.29, 0.717) is 29.9 Å². The molecule has 2 heterocycles. The number of ether oxygens (including phenoxy) is 1. The van der Waals surface area contributed by atoms with Crippen LogP contribution < -0.4 is 20.6 Å². The molecule has 0 aliphatic carbocycles. The van der Waals surface area contributed by atoms with Gasteiger partial charge in [-0.25, -0.2) is 9.78 Å². The number of nitrogens with zero attached hydrogens (tertiary/aromatic N) is 2. The van der Waals surface area contributed by atoms with E-state index in [9.17, 15) is 9.59 Å². The molecular formula is C24H27N3O6. The zero-order chi connectivity index (χ0) is 24.4. The number of methoxy groups -OCH3 is 1. The van der Waals surface area contributed by atoms with Gasteiger partial charge in [0.05, 0.1) is 19.0 Å². The molecule has 9 heteroatoms. The molecule has 0 saturated heterocycles. The second-order valence-electron chi connectivity index (χ2n) is 7.27. The number of aryl methyl sites for hydroxylation is 3. The standard InChI is InChI=1S/C23H25N3O4.CH2O2/c1-15-13-19(11-7-16-5-9-18(29-4)10-6-16)30-23(28)21(15)22(27)25-17-8-12-20(24-14-17)26(2)3;2-1-3/h5-6,8-10,12-14H,7,11H2,1-4H3,(H,25,27);1H,(H,2,3). The molecule has 0 spiro atoms. The van der Waals surface area contributed by atoms with Gasteiger partial charge in [-0.2, -0.15) is 0 Å². The molecule has 3 rings (SSSR count). The van der Waals surface area contributed by atoms with Gasteiger partial charge in [0.2, 0.25) is 0 Å². The van der Waals surface area contributed by atoms with Crippen LogP contribution in [-0.2, 0) is 17.6 Å². The lowest BCUT2D eigenvalue weighted by atomic mass is 10.1. The lowest BCUT2D eigenvalue weighted by molar-refractivity contribution is -0.122. The second-order valence-corrected chi connectivity index (χ2v) is 7.27. The summed E-state index contributed by atoms with van der Waals surface area (Å²) < 4.78 is 10.6. The highest BCUT2D eigenvalue weighted by molar-refractivity contribution is 6.04. The highest BCUT2D eigenvalue weighted by atomic mass is 16.5. The molecule has 0 bridgehead atoms. The Morgan fingerprint density at radius 3 is 2.36 bits per heavy atom. The van der Waals surface area contributed by atoms with E-state index in [2.05, 4.69) is 10.3 Å². The molecule has 0 aliphatic heterocycles. The van der Waals surface area contributed by atoms with Gasteiger partial charge >= 0.3 is 5.63 Å². The van der Waals surface area contributed by atoms with Gasteiger partial charge in [-0.05, 0) is 54.8 Å². The van der Waals surface area contributed by atoms with Crippen molar-refractivity contribution < 1.29 is 23.8 Å². The van der Waals surface area contributed by atoms with Gasteiger partial charge in [0, 0.05) is 20.5 Å². The van der Waals surface area contributed by atoms with Crippen LogP contribution in [0.3, 0.4) is 0 Å². The Balaban J connectivity index is 0.00000122. The quantitative estimate of drug-likeness (QED) is 0.523. The Morgan fingerprint density at radius 2 is 1.85 bits per heavy atom. The fourth-order valence-electron chi connectivity index (χ4n) is 3.05. The maximum atomic E-state index is 12.6. The van der Waals surface area contributed by atoms with E-state index in [4.69, 9.17) is 19.1 Å². The topological polar surface area (TPSA) is 122 Å². The monoisotopic (exact) mass is 453 g/mol. The minimum atomic E-state index is -0.643. The van der Waals surface area contributed by atoms with Crippen LogP contribution in [-0.4, -0.2) is 43.7 Å². The van der Waals surface area contributed by atoms with Crippen LogP contribution in [0, 0.1) is 6.92 Å². The van der Waals surface area contributed by atoms with Crippen LogP contribution in [0.2, 0.25) is 0 Å². The number of nitrogens with one attached hydrogen (secondary N) is 1. The van der Waals surface area contributed by atoms with Gasteiger partial charge < -0.3 is 24.5 Å². The van der Waals surface area contributed by atoms with E-state index >= 15 is 0 Å². The highest BCUT2D eigenvalue weighted by Crippen LogP contribution is 2.16. The Labute approximate surface area is 191 Å². The molecule has 174 valence electrons. The summed E-state index contributed by atoms with van der Waals surface area (Å²) in [7, 11) is 5.39. The number of carbonyl (C=O) groups is 2. The van der Waals surface area contributed by atoms with E-state index in [1.807, 2.05) is 43.3 Å². The zero-order valence-electron chi connectivity index (χ0n) is 19.0. The molecule has 9 nitrogen and oxygen atoms in total. The Hall–Kier alpha value is -4.14. The molecule has 1 aromatic carbocycles. The number of aromatic nitrogens is 1. The molecule has 3 aromatic rings. The van der Waals surface area contributed by atoms with Gasteiger partial charge in [-0.15, -0.1) is 0 Å². The predicted molar refractivity (Wildman–Crippen MR) is 125 cm³/mol. The molecule has 0 aliphatic rings. The molecule has 2 aromatic heterocycles. The molecule has 2 N–H and O–H groups in total. The number of hydrogen-bond donors (Lipinski definition) is 2. The first-order chi connectivity index (χ1) is 15.8. The Kier molecular flexibility index (Phi) is 9.17. The summed E-state index contributed by atoms with van der Waals surface area (Å²) in [5, 5.41) is 9.59. The van der Waals surface area contributed by atoms with Crippen LogP contribution in [0.5, 0.6) is 5.75 Å². The van der Waals surface area contributed by atoms with Crippen LogP contribution in [0.4, 0.5) is 11.5 Å². The third kappa shape index (κ3) is 7.20. The fourth-order valence-corrected chi connectivity index (χ4v) is 3.05. The molecule has 1 amide bonds. The first-order valence-corrected chi connectivity index (χ1v) is 10.1. The van der Waals surface area contributed by atoms with Crippen molar-refractivity contribution in [3.05, 3.63) is 81.5 Å². The molecule has 0 atom stereocenters. The van der Waals surface area contributed by atoms with E-state index in [1.165, 1.54) is 0 Å². The Bertz CT molecular complexity index is 1120. The number of carbonyl (C=O) groups excluding carboxylic acids is 1. The Morgan fingerprint density at radius 1 is 1.18 bits per heavy atom. The first-order valence-electron chi connectivity index (χ1n) is 10.1. The minimum Gasteiger partial charge on any atom is -0.497 e. The average molecular weight is 453 g/mol. The van der Waals surface area contributed by atoms with Crippen molar-refractivity contribution in [2.45, 2.75) is 19.8 Å². The normalized spacial score (nSPS) is 9.94. The summed E-state index contributed by atoms with van der Waals surface area (Å²) in [6.07, 6.45) is 2.81. The van der Waals surface area contributed by atoms with Crippen molar-refractivity contribution in [1.82, 2.24) is 4.98 Å². The lowest BCUT2D eigenvalue weighted by Crippen LogP contribution is -2.23. The first kappa shape index (κ1) is 25.1. The largest absolute Gasteiger partial charge is 0.497 e. The molecule has 0 fully saturated rings. The van der Waals surface area contributed by atoms with Gasteiger partial charge in [-0.1, -0.05) is 12.1 Å². The van der Waals surface area contributed by atoms with Crippen LogP contribution in [0.1, 0.15) is 27.2 Å². The van der Waals surface area contributed by atoms with Crippen molar-refractivity contribution in [2.24, 2.45) is 0 Å². The van der Waals surface area contributed by atoms with E-state index in [1.54, 1.807) is 38.4 Å². The van der Waals surface area contributed by atoms with E-state index < -0.39 is 11.5 Å². The number of anilines is 2. The van der Waals surface area contributed by atoms with Crippen molar-refractivity contribution in [2.75, 3.05) is 31.4 Å². The summed E-state index contributed by atoms with van der Waals surface area (Å²) in [5.74, 6) is 1.59. The maximum absolute atomic E-state index is 12.6.